The van der Waals surface area contributed by atoms with Crippen LogP contribution in [0.25, 0.3) is 0 Å². The topological polar surface area (TPSA) is 32.3 Å². The van der Waals surface area contributed by atoms with Gasteiger partial charge in [-0.05, 0) is 12.5 Å². The molecule has 0 aliphatic carbocycles. The Balaban J connectivity index is 2.45. The molecule has 90 valence electrons. The summed E-state index contributed by atoms with van der Waals surface area (Å²) in [4.78, 5) is 0. The number of aliphatic hydroxyl groups excluding tert-OH is 1. The lowest BCUT2D eigenvalue weighted by Crippen LogP contribution is -2.39. The summed E-state index contributed by atoms with van der Waals surface area (Å²) in [5, 5.41) is 11.4. The lowest BCUT2D eigenvalue weighted by Gasteiger charge is -2.19. The third-order valence-corrected chi connectivity index (χ3v) is 2.29. The first-order chi connectivity index (χ1) is 7.41. The quantitative estimate of drug-likeness (QED) is 0.836. The van der Waals surface area contributed by atoms with Crippen LogP contribution in [-0.2, 0) is 0 Å². The van der Waals surface area contributed by atoms with E-state index in [1.54, 1.807) is 6.92 Å². The van der Waals surface area contributed by atoms with Crippen molar-refractivity contribution in [1.82, 2.24) is 5.32 Å². The smallest absolute Gasteiger partial charge is 0.382 e. The number of nitrogens with one attached hydrogen (secondary N) is 1. The van der Waals surface area contributed by atoms with Crippen molar-refractivity contribution in [2.45, 2.75) is 25.2 Å². The number of halogens is 3. The molecule has 0 aromatic heterocycles. The Morgan fingerprint density at radius 1 is 1.25 bits per heavy atom. The number of aliphatic hydroxyl groups is 1. The maximum absolute atomic E-state index is 12.0. The first-order valence-electron chi connectivity index (χ1n) is 4.94. The van der Waals surface area contributed by atoms with E-state index >= 15 is 0 Å². The zero-order chi connectivity index (χ0) is 12.2. The highest BCUT2D eigenvalue weighted by Crippen LogP contribution is 2.20. The molecule has 0 saturated carbocycles. The zero-order valence-corrected chi connectivity index (χ0v) is 8.83. The van der Waals surface area contributed by atoms with Crippen LogP contribution < -0.4 is 5.32 Å². The van der Waals surface area contributed by atoms with Crippen LogP contribution in [0.2, 0.25) is 0 Å². The molecule has 0 bridgehead atoms. The Kier molecular flexibility index (Phi) is 4.32. The van der Waals surface area contributed by atoms with E-state index in [1.807, 2.05) is 30.3 Å². The molecule has 0 spiro atoms. The van der Waals surface area contributed by atoms with Crippen LogP contribution in [-0.4, -0.2) is 23.9 Å². The lowest BCUT2D eigenvalue weighted by atomic mass is 10.1. The molecule has 0 fully saturated rings. The number of hydrogen-bond acceptors (Lipinski definition) is 2. The van der Waals surface area contributed by atoms with Gasteiger partial charge in [-0.1, -0.05) is 30.3 Å². The van der Waals surface area contributed by atoms with Crippen molar-refractivity contribution in [2.75, 3.05) is 6.54 Å². The molecule has 0 saturated heterocycles. The van der Waals surface area contributed by atoms with Crippen molar-refractivity contribution >= 4 is 0 Å². The second kappa shape index (κ2) is 5.32. The van der Waals surface area contributed by atoms with Crippen LogP contribution >= 0.6 is 0 Å². The molecule has 1 aromatic rings. The van der Waals surface area contributed by atoms with Gasteiger partial charge in [-0.2, -0.15) is 13.2 Å². The zero-order valence-electron chi connectivity index (χ0n) is 8.83. The average molecular weight is 233 g/mol. The van der Waals surface area contributed by atoms with Crippen LogP contribution in [0.5, 0.6) is 0 Å². The molecule has 1 rings (SSSR count). The normalized spacial score (nSPS) is 15.8. The Morgan fingerprint density at radius 2 is 1.81 bits per heavy atom. The van der Waals surface area contributed by atoms with Gasteiger partial charge in [0, 0.05) is 12.6 Å². The van der Waals surface area contributed by atoms with E-state index in [2.05, 4.69) is 5.32 Å². The minimum Gasteiger partial charge on any atom is -0.382 e. The van der Waals surface area contributed by atoms with Crippen LogP contribution in [0.4, 0.5) is 13.2 Å². The molecular formula is C11H14F3NO. The summed E-state index contributed by atoms with van der Waals surface area (Å²) < 4.78 is 36.0. The minimum absolute atomic E-state index is 0.224. The van der Waals surface area contributed by atoms with Gasteiger partial charge in [0.2, 0.25) is 0 Å². The summed E-state index contributed by atoms with van der Waals surface area (Å²) in [7, 11) is 0. The van der Waals surface area contributed by atoms with Crippen LogP contribution in [0.1, 0.15) is 18.5 Å². The van der Waals surface area contributed by atoms with Gasteiger partial charge in [0.25, 0.3) is 0 Å². The predicted octanol–water partition coefficient (Wildman–Crippen LogP) is 2.26. The van der Waals surface area contributed by atoms with E-state index in [9.17, 15) is 13.2 Å². The molecule has 0 radical (unpaired) electrons. The number of alkyl halides is 3. The third kappa shape index (κ3) is 3.83. The van der Waals surface area contributed by atoms with E-state index in [0.29, 0.717) is 0 Å². The van der Waals surface area contributed by atoms with Gasteiger partial charge < -0.3 is 10.4 Å². The van der Waals surface area contributed by atoms with Gasteiger partial charge in [-0.15, -0.1) is 0 Å². The number of rotatable bonds is 4. The van der Waals surface area contributed by atoms with E-state index < -0.39 is 18.8 Å². The third-order valence-electron chi connectivity index (χ3n) is 2.29. The summed E-state index contributed by atoms with van der Waals surface area (Å²) in [5.74, 6) is 0. The molecule has 2 nitrogen and oxygen atoms in total. The van der Waals surface area contributed by atoms with Gasteiger partial charge in [0.1, 0.15) is 0 Å². The Bertz CT molecular complexity index is 313. The number of benzene rings is 1. The van der Waals surface area contributed by atoms with Crippen molar-refractivity contribution in [3.8, 4) is 0 Å². The number of hydrogen-bond donors (Lipinski definition) is 2. The summed E-state index contributed by atoms with van der Waals surface area (Å²) in [5.41, 5.74) is 0.886. The summed E-state index contributed by atoms with van der Waals surface area (Å²) in [6.45, 7) is 1.25. The second-order valence-electron chi connectivity index (χ2n) is 3.60. The summed E-state index contributed by atoms with van der Waals surface area (Å²) >= 11 is 0. The van der Waals surface area contributed by atoms with Crippen LogP contribution in [0.3, 0.4) is 0 Å². The molecular weight excluding hydrogens is 219 g/mol. The molecule has 0 aliphatic rings. The van der Waals surface area contributed by atoms with Gasteiger partial charge in [0.05, 0.1) is 0 Å². The van der Waals surface area contributed by atoms with Crippen molar-refractivity contribution in [3.05, 3.63) is 35.9 Å². The van der Waals surface area contributed by atoms with Crippen molar-refractivity contribution < 1.29 is 18.3 Å². The first kappa shape index (κ1) is 13.0. The molecule has 5 heteroatoms. The molecule has 2 N–H and O–H groups in total. The molecule has 0 heterocycles. The predicted molar refractivity (Wildman–Crippen MR) is 54.9 cm³/mol. The fraction of sp³-hybridized carbons (Fsp3) is 0.455. The van der Waals surface area contributed by atoms with Crippen molar-refractivity contribution in [1.29, 1.82) is 0 Å². The van der Waals surface area contributed by atoms with Gasteiger partial charge in [-0.25, -0.2) is 0 Å². The Labute approximate surface area is 92.1 Å². The Morgan fingerprint density at radius 3 is 2.31 bits per heavy atom. The van der Waals surface area contributed by atoms with Crippen LogP contribution in [0, 0.1) is 0 Å². The SMILES string of the molecule is C[C@H](NCC(O)C(F)(F)F)c1ccccc1. The molecule has 1 aromatic carbocycles. The van der Waals surface area contributed by atoms with E-state index in [4.69, 9.17) is 5.11 Å². The van der Waals surface area contributed by atoms with Crippen LogP contribution in [0.15, 0.2) is 30.3 Å². The van der Waals surface area contributed by atoms with E-state index in [0.717, 1.165) is 5.56 Å². The van der Waals surface area contributed by atoms with Crippen molar-refractivity contribution in [2.24, 2.45) is 0 Å². The van der Waals surface area contributed by atoms with E-state index in [-0.39, 0.29) is 6.04 Å². The fourth-order valence-electron chi connectivity index (χ4n) is 1.26. The highest BCUT2D eigenvalue weighted by Gasteiger charge is 2.37. The maximum atomic E-state index is 12.0. The monoisotopic (exact) mass is 233 g/mol. The maximum Gasteiger partial charge on any atom is 0.415 e. The van der Waals surface area contributed by atoms with Gasteiger partial charge in [-0.3, -0.25) is 0 Å². The van der Waals surface area contributed by atoms with Crippen molar-refractivity contribution in [3.63, 3.8) is 0 Å². The second-order valence-corrected chi connectivity index (χ2v) is 3.60. The highest BCUT2D eigenvalue weighted by molar-refractivity contribution is 5.17. The molecule has 2 atom stereocenters. The summed E-state index contributed by atoms with van der Waals surface area (Å²) in [6, 6.07) is 8.87. The highest BCUT2D eigenvalue weighted by atomic mass is 19.4. The molecule has 16 heavy (non-hydrogen) atoms. The van der Waals surface area contributed by atoms with Gasteiger partial charge >= 0.3 is 6.18 Å². The summed E-state index contributed by atoms with van der Waals surface area (Å²) in [6.07, 6.45) is -6.89. The Hall–Kier alpha value is -1.07. The largest absolute Gasteiger partial charge is 0.415 e. The average Bonchev–Trinajstić information content (AvgIpc) is 2.25. The standard InChI is InChI=1S/C11H14F3NO/c1-8(9-5-3-2-4-6-9)15-7-10(16)11(12,13)14/h2-6,8,10,15-16H,7H2,1H3/t8-,10?/m0/s1. The molecule has 0 amide bonds. The lowest BCUT2D eigenvalue weighted by molar-refractivity contribution is -0.202. The molecule has 0 aliphatic heterocycles. The fourth-order valence-corrected chi connectivity index (χ4v) is 1.26. The molecule has 1 unspecified atom stereocenters. The minimum atomic E-state index is -4.57. The van der Waals surface area contributed by atoms with Gasteiger partial charge in [0.15, 0.2) is 6.10 Å². The van der Waals surface area contributed by atoms with E-state index in [1.165, 1.54) is 0 Å². The first-order valence-corrected chi connectivity index (χ1v) is 4.94.